The van der Waals surface area contributed by atoms with Crippen molar-refractivity contribution < 1.29 is 13.3 Å². The van der Waals surface area contributed by atoms with Gasteiger partial charge in [-0.05, 0) is 50.9 Å². The van der Waals surface area contributed by atoms with Crippen molar-refractivity contribution in [3.8, 4) is 0 Å². The second-order valence-corrected chi connectivity index (χ2v) is 6.96. The molecule has 0 aromatic heterocycles. The highest BCUT2D eigenvalue weighted by atomic mass is 35.5. The van der Waals surface area contributed by atoms with Gasteiger partial charge in [-0.1, -0.05) is 0 Å². The summed E-state index contributed by atoms with van der Waals surface area (Å²) in [4.78, 5) is 10.4. The van der Waals surface area contributed by atoms with Gasteiger partial charge in [0.2, 0.25) is 10.0 Å². The van der Waals surface area contributed by atoms with E-state index in [9.17, 15) is 18.5 Å². The van der Waals surface area contributed by atoms with Gasteiger partial charge in [-0.3, -0.25) is 10.1 Å². The van der Waals surface area contributed by atoms with Gasteiger partial charge in [-0.2, -0.15) is 0 Å². The predicted molar refractivity (Wildman–Crippen MR) is 86.0 cm³/mol. The van der Waals surface area contributed by atoms with E-state index in [0.717, 1.165) is 25.9 Å². The molecule has 0 bridgehead atoms. The number of hydrogen-bond acceptors (Lipinski definition) is 5. The molecule has 124 valence electrons. The topological polar surface area (TPSA) is 101 Å². The molecular formula is C13H20ClN3O4S. The van der Waals surface area contributed by atoms with Gasteiger partial charge in [0.1, 0.15) is 0 Å². The number of halogens is 1. The second-order valence-electron chi connectivity index (χ2n) is 5.31. The van der Waals surface area contributed by atoms with Crippen LogP contribution >= 0.6 is 12.4 Å². The molecule has 1 aromatic rings. The number of nitro groups is 1. The van der Waals surface area contributed by atoms with Crippen molar-refractivity contribution in [2.45, 2.75) is 37.6 Å². The Hall–Kier alpha value is -1.22. The van der Waals surface area contributed by atoms with E-state index in [-0.39, 0.29) is 29.0 Å². The third-order valence-corrected chi connectivity index (χ3v) is 5.41. The molecule has 1 fully saturated rings. The second kappa shape index (κ2) is 7.36. The summed E-state index contributed by atoms with van der Waals surface area (Å²) in [6.07, 6.45) is 1.48. The number of nitrogens with zero attached hydrogens (tertiary/aromatic N) is 1. The van der Waals surface area contributed by atoms with Crippen LogP contribution in [0.4, 0.5) is 5.69 Å². The lowest BCUT2D eigenvalue weighted by atomic mass is 10.1. The Balaban J connectivity index is 0.00000242. The van der Waals surface area contributed by atoms with E-state index in [1.54, 1.807) is 13.8 Å². The Bertz CT molecular complexity index is 634. The third-order valence-electron chi connectivity index (χ3n) is 3.59. The van der Waals surface area contributed by atoms with E-state index < -0.39 is 14.9 Å². The zero-order chi connectivity index (χ0) is 15.6. The van der Waals surface area contributed by atoms with Gasteiger partial charge in [0.15, 0.2) is 0 Å². The number of piperidine rings is 1. The molecule has 1 aliphatic rings. The molecule has 0 aliphatic carbocycles. The minimum Gasteiger partial charge on any atom is -0.317 e. The van der Waals surface area contributed by atoms with E-state index in [0.29, 0.717) is 11.1 Å². The average molecular weight is 350 g/mol. The van der Waals surface area contributed by atoms with Crippen LogP contribution in [-0.4, -0.2) is 32.5 Å². The molecule has 1 aliphatic heterocycles. The lowest BCUT2D eigenvalue weighted by Crippen LogP contribution is -2.42. The summed E-state index contributed by atoms with van der Waals surface area (Å²) in [7, 11) is -3.66. The van der Waals surface area contributed by atoms with Crippen molar-refractivity contribution >= 4 is 28.1 Å². The zero-order valence-electron chi connectivity index (χ0n) is 12.5. The van der Waals surface area contributed by atoms with Crippen LogP contribution in [0.5, 0.6) is 0 Å². The molecule has 0 unspecified atom stereocenters. The summed E-state index contributed by atoms with van der Waals surface area (Å²) < 4.78 is 27.7. The average Bonchev–Trinajstić information content (AvgIpc) is 2.37. The Morgan fingerprint density at radius 2 is 1.73 bits per heavy atom. The first-order chi connectivity index (χ1) is 9.81. The number of nitrogens with one attached hydrogen (secondary N) is 2. The van der Waals surface area contributed by atoms with Crippen LogP contribution in [0, 0.1) is 24.0 Å². The Kier molecular flexibility index (Phi) is 6.30. The molecule has 0 atom stereocenters. The fraction of sp³-hybridized carbons (Fsp3) is 0.538. The lowest BCUT2D eigenvalue weighted by Gasteiger charge is -2.24. The normalized spacial score (nSPS) is 16.1. The fourth-order valence-electron chi connectivity index (χ4n) is 2.67. The molecule has 1 heterocycles. The molecule has 7 nitrogen and oxygen atoms in total. The van der Waals surface area contributed by atoms with E-state index >= 15 is 0 Å². The zero-order valence-corrected chi connectivity index (χ0v) is 14.1. The molecule has 0 spiro atoms. The summed E-state index contributed by atoms with van der Waals surface area (Å²) in [6, 6.07) is 2.50. The summed E-state index contributed by atoms with van der Waals surface area (Å²) in [5, 5.41) is 14.0. The number of non-ortho nitro benzene ring substituents is 1. The summed E-state index contributed by atoms with van der Waals surface area (Å²) in [5.41, 5.74) is 0.692. The number of sulfonamides is 1. The molecule has 2 N–H and O–H groups in total. The van der Waals surface area contributed by atoms with E-state index in [1.807, 2.05) is 0 Å². The van der Waals surface area contributed by atoms with Crippen LogP contribution in [0.1, 0.15) is 24.0 Å². The molecule has 9 heteroatoms. The van der Waals surface area contributed by atoms with Gasteiger partial charge < -0.3 is 5.32 Å². The monoisotopic (exact) mass is 349 g/mol. The summed E-state index contributed by atoms with van der Waals surface area (Å²) in [6.45, 7) is 4.73. The number of benzene rings is 1. The standard InChI is InChI=1S/C13H19N3O4S.ClH/c1-9-7-12(16(17)18)8-10(2)13(9)21(19,20)15-11-3-5-14-6-4-11;/h7-8,11,14-15H,3-6H2,1-2H3;1H. The smallest absolute Gasteiger partial charge is 0.270 e. The highest BCUT2D eigenvalue weighted by molar-refractivity contribution is 7.89. The molecule has 22 heavy (non-hydrogen) atoms. The Labute approximate surface area is 136 Å². The maximum Gasteiger partial charge on any atom is 0.270 e. The van der Waals surface area contributed by atoms with E-state index in [2.05, 4.69) is 10.0 Å². The fourth-order valence-corrected chi connectivity index (χ4v) is 4.43. The quantitative estimate of drug-likeness (QED) is 0.636. The molecular weight excluding hydrogens is 330 g/mol. The highest BCUT2D eigenvalue weighted by Gasteiger charge is 2.26. The molecule has 0 saturated carbocycles. The molecule has 0 amide bonds. The third kappa shape index (κ3) is 4.16. The van der Waals surface area contributed by atoms with Gasteiger partial charge in [0, 0.05) is 18.2 Å². The first kappa shape index (κ1) is 18.8. The molecule has 0 radical (unpaired) electrons. The minimum atomic E-state index is -3.66. The molecule has 1 aromatic carbocycles. The minimum absolute atomic E-state index is 0. The molecule has 2 rings (SSSR count). The number of aryl methyl sites for hydroxylation is 2. The van der Waals surface area contributed by atoms with Crippen molar-refractivity contribution in [2.75, 3.05) is 13.1 Å². The molecule has 1 saturated heterocycles. The number of hydrogen-bond donors (Lipinski definition) is 2. The van der Waals surface area contributed by atoms with Crippen LogP contribution in [0.15, 0.2) is 17.0 Å². The van der Waals surface area contributed by atoms with Crippen LogP contribution in [0.3, 0.4) is 0 Å². The maximum absolute atomic E-state index is 12.5. The summed E-state index contributed by atoms with van der Waals surface area (Å²) >= 11 is 0. The number of nitro benzene ring substituents is 1. The lowest BCUT2D eigenvalue weighted by molar-refractivity contribution is -0.385. The van der Waals surface area contributed by atoms with Gasteiger partial charge >= 0.3 is 0 Å². The van der Waals surface area contributed by atoms with Crippen LogP contribution in [0.25, 0.3) is 0 Å². The Morgan fingerprint density at radius 1 is 1.23 bits per heavy atom. The maximum atomic E-state index is 12.5. The Morgan fingerprint density at radius 3 is 2.18 bits per heavy atom. The van der Waals surface area contributed by atoms with Crippen molar-refractivity contribution in [2.24, 2.45) is 0 Å². The largest absolute Gasteiger partial charge is 0.317 e. The summed E-state index contributed by atoms with van der Waals surface area (Å²) in [5.74, 6) is 0. The van der Waals surface area contributed by atoms with Crippen LogP contribution in [-0.2, 0) is 10.0 Å². The SMILES string of the molecule is Cc1cc([N+](=O)[O-])cc(C)c1S(=O)(=O)NC1CCNCC1.Cl. The van der Waals surface area contributed by atoms with Gasteiger partial charge in [0.25, 0.3) is 5.69 Å². The number of rotatable bonds is 4. The van der Waals surface area contributed by atoms with Gasteiger partial charge in [0.05, 0.1) is 9.82 Å². The predicted octanol–water partition coefficient (Wildman–Crippen LogP) is 1.66. The van der Waals surface area contributed by atoms with Crippen molar-refractivity contribution in [3.63, 3.8) is 0 Å². The van der Waals surface area contributed by atoms with Crippen molar-refractivity contribution in [3.05, 3.63) is 33.4 Å². The highest BCUT2D eigenvalue weighted by Crippen LogP contribution is 2.26. The first-order valence-corrected chi connectivity index (χ1v) is 8.28. The van der Waals surface area contributed by atoms with Gasteiger partial charge in [-0.25, -0.2) is 13.1 Å². The van der Waals surface area contributed by atoms with E-state index in [4.69, 9.17) is 0 Å². The van der Waals surface area contributed by atoms with Gasteiger partial charge in [-0.15, -0.1) is 12.4 Å². The first-order valence-electron chi connectivity index (χ1n) is 6.80. The van der Waals surface area contributed by atoms with E-state index in [1.165, 1.54) is 12.1 Å². The van der Waals surface area contributed by atoms with Crippen molar-refractivity contribution in [1.29, 1.82) is 0 Å². The van der Waals surface area contributed by atoms with Crippen LogP contribution in [0.2, 0.25) is 0 Å². The van der Waals surface area contributed by atoms with Crippen molar-refractivity contribution in [1.82, 2.24) is 10.0 Å². The van der Waals surface area contributed by atoms with Crippen LogP contribution < -0.4 is 10.0 Å².